The van der Waals surface area contributed by atoms with Gasteiger partial charge in [-0.1, -0.05) is 0 Å². The molecule has 6 nitrogen and oxygen atoms in total. The summed E-state index contributed by atoms with van der Waals surface area (Å²) >= 11 is 0. The first kappa shape index (κ1) is 11.7. The molecule has 0 saturated carbocycles. The van der Waals surface area contributed by atoms with Crippen LogP contribution in [0, 0.1) is 0 Å². The Kier molecular flexibility index (Phi) is 3.01. The van der Waals surface area contributed by atoms with Crippen LogP contribution in [0.2, 0.25) is 0 Å². The normalized spacial score (nSPS) is 10.0. The van der Waals surface area contributed by atoms with Crippen LogP contribution in [0.4, 0.5) is 0 Å². The van der Waals surface area contributed by atoms with Crippen molar-refractivity contribution in [1.82, 2.24) is 9.97 Å². The summed E-state index contributed by atoms with van der Waals surface area (Å²) in [6, 6.07) is 4.38. The third-order valence-corrected chi connectivity index (χ3v) is 2.30. The van der Waals surface area contributed by atoms with Crippen LogP contribution in [0.15, 0.2) is 36.8 Å². The number of carboxylic acid groups (broad SMARTS) is 2. The first-order chi connectivity index (χ1) is 8.59. The van der Waals surface area contributed by atoms with E-state index in [2.05, 4.69) is 9.97 Å². The van der Waals surface area contributed by atoms with Gasteiger partial charge in [0.15, 0.2) is 0 Å². The molecule has 2 rings (SSSR count). The van der Waals surface area contributed by atoms with E-state index in [9.17, 15) is 9.59 Å². The second kappa shape index (κ2) is 4.62. The van der Waals surface area contributed by atoms with Crippen molar-refractivity contribution < 1.29 is 19.8 Å². The molecule has 2 heterocycles. The fraction of sp³-hybridized carbons (Fsp3) is 0. The summed E-state index contributed by atoms with van der Waals surface area (Å²) in [6.07, 6.45) is 4.14. The summed E-state index contributed by atoms with van der Waals surface area (Å²) in [5.41, 5.74) is 0.385. The van der Waals surface area contributed by atoms with E-state index in [0.29, 0.717) is 5.56 Å². The minimum absolute atomic E-state index is 0.164. The number of hydrogen-bond acceptors (Lipinski definition) is 4. The van der Waals surface area contributed by atoms with Gasteiger partial charge in [-0.2, -0.15) is 0 Å². The molecule has 0 bridgehead atoms. The molecule has 0 spiro atoms. The second-order valence-electron chi connectivity index (χ2n) is 3.47. The molecule has 0 saturated heterocycles. The van der Waals surface area contributed by atoms with Crippen LogP contribution in [-0.4, -0.2) is 32.1 Å². The topological polar surface area (TPSA) is 100 Å². The predicted octanol–water partition coefficient (Wildman–Crippen LogP) is 1.54. The summed E-state index contributed by atoms with van der Waals surface area (Å²) < 4.78 is 0. The van der Waals surface area contributed by atoms with Gasteiger partial charge in [0, 0.05) is 24.2 Å². The molecule has 6 heteroatoms. The Morgan fingerprint density at radius 3 is 2.44 bits per heavy atom. The molecular formula is C12H8N2O4. The number of carbonyl (C=O) groups is 2. The predicted molar refractivity (Wildman–Crippen MR) is 61.4 cm³/mol. The highest BCUT2D eigenvalue weighted by molar-refractivity contribution is 5.98. The van der Waals surface area contributed by atoms with Gasteiger partial charge in [0.1, 0.15) is 0 Å². The highest BCUT2D eigenvalue weighted by Gasteiger charge is 2.16. The van der Waals surface area contributed by atoms with Crippen LogP contribution < -0.4 is 0 Å². The fourth-order valence-corrected chi connectivity index (χ4v) is 1.48. The quantitative estimate of drug-likeness (QED) is 0.849. The lowest BCUT2D eigenvalue weighted by Gasteiger charge is -2.05. The van der Waals surface area contributed by atoms with Gasteiger partial charge >= 0.3 is 11.9 Å². The Balaban J connectivity index is 2.61. The zero-order chi connectivity index (χ0) is 13.1. The molecule has 0 aromatic carbocycles. The third kappa shape index (κ3) is 2.17. The highest BCUT2D eigenvalue weighted by atomic mass is 16.4. The van der Waals surface area contributed by atoms with Crippen molar-refractivity contribution in [3.8, 4) is 11.3 Å². The van der Waals surface area contributed by atoms with Crippen molar-refractivity contribution in [3.05, 3.63) is 47.9 Å². The molecular weight excluding hydrogens is 236 g/mol. The van der Waals surface area contributed by atoms with Crippen molar-refractivity contribution in [2.75, 3.05) is 0 Å². The maximum atomic E-state index is 11.1. The van der Waals surface area contributed by atoms with Crippen LogP contribution in [0.1, 0.15) is 20.7 Å². The summed E-state index contributed by atoms with van der Waals surface area (Å²) in [6.45, 7) is 0. The number of rotatable bonds is 3. The molecule has 0 aliphatic carbocycles. The van der Waals surface area contributed by atoms with Gasteiger partial charge in [-0.05, 0) is 18.2 Å². The fourth-order valence-electron chi connectivity index (χ4n) is 1.48. The monoisotopic (exact) mass is 244 g/mol. The number of hydrogen-bond donors (Lipinski definition) is 2. The minimum atomic E-state index is -1.23. The van der Waals surface area contributed by atoms with Crippen molar-refractivity contribution in [1.29, 1.82) is 0 Å². The van der Waals surface area contributed by atoms with E-state index in [1.165, 1.54) is 6.20 Å². The summed E-state index contributed by atoms with van der Waals surface area (Å²) in [5, 5.41) is 17.9. The Hall–Kier alpha value is -2.76. The van der Waals surface area contributed by atoms with Gasteiger partial charge in [-0.25, -0.2) is 9.59 Å². The van der Waals surface area contributed by atoms with E-state index in [1.807, 2.05) is 0 Å². The van der Waals surface area contributed by atoms with Crippen molar-refractivity contribution in [2.45, 2.75) is 0 Å². The summed E-state index contributed by atoms with van der Waals surface area (Å²) in [7, 11) is 0. The van der Waals surface area contributed by atoms with E-state index in [-0.39, 0.29) is 16.8 Å². The number of aromatic nitrogens is 2. The van der Waals surface area contributed by atoms with Crippen LogP contribution in [0.5, 0.6) is 0 Å². The highest BCUT2D eigenvalue weighted by Crippen LogP contribution is 2.21. The Bertz CT molecular complexity index is 611. The smallest absolute Gasteiger partial charge is 0.337 e. The third-order valence-electron chi connectivity index (χ3n) is 2.30. The van der Waals surface area contributed by atoms with Gasteiger partial charge < -0.3 is 10.2 Å². The minimum Gasteiger partial charge on any atom is -0.478 e. The molecule has 2 aromatic rings. The van der Waals surface area contributed by atoms with Crippen molar-refractivity contribution >= 4 is 11.9 Å². The van der Waals surface area contributed by atoms with E-state index < -0.39 is 11.9 Å². The van der Waals surface area contributed by atoms with Gasteiger partial charge in [-0.3, -0.25) is 9.97 Å². The Morgan fingerprint density at radius 1 is 1.11 bits per heavy atom. The molecule has 0 unspecified atom stereocenters. The van der Waals surface area contributed by atoms with Crippen LogP contribution in [0.3, 0.4) is 0 Å². The van der Waals surface area contributed by atoms with E-state index in [1.54, 1.807) is 18.3 Å². The first-order valence-corrected chi connectivity index (χ1v) is 4.96. The Labute approximate surface area is 102 Å². The average Bonchev–Trinajstić information content (AvgIpc) is 2.39. The molecule has 0 aliphatic heterocycles. The maximum Gasteiger partial charge on any atom is 0.337 e. The molecule has 0 atom stereocenters. The average molecular weight is 244 g/mol. The van der Waals surface area contributed by atoms with E-state index in [0.717, 1.165) is 12.3 Å². The van der Waals surface area contributed by atoms with Crippen LogP contribution in [-0.2, 0) is 0 Å². The Morgan fingerprint density at radius 2 is 1.89 bits per heavy atom. The zero-order valence-corrected chi connectivity index (χ0v) is 9.07. The molecule has 18 heavy (non-hydrogen) atoms. The molecule has 0 fully saturated rings. The zero-order valence-electron chi connectivity index (χ0n) is 9.07. The lowest BCUT2D eigenvalue weighted by molar-refractivity contribution is 0.0696. The van der Waals surface area contributed by atoms with Crippen molar-refractivity contribution in [2.24, 2.45) is 0 Å². The SMILES string of the molecule is O=C(O)c1cnc(-c2cccnc2)c(C(=O)O)c1. The lowest BCUT2D eigenvalue weighted by atomic mass is 10.1. The summed E-state index contributed by atoms with van der Waals surface area (Å²) in [4.78, 5) is 29.7. The van der Waals surface area contributed by atoms with Crippen LogP contribution >= 0.6 is 0 Å². The van der Waals surface area contributed by atoms with E-state index in [4.69, 9.17) is 10.2 Å². The number of nitrogens with zero attached hydrogens (tertiary/aromatic N) is 2. The van der Waals surface area contributed by atoms with Gasteiger partial charge in [-0.15, -0.1) is 0 Å². The number of pyridine rings is 2. The molecule has 0 amide bonds. The van der Waals surface area contributed by atoms with Crippen LogP contribution in [0.25, 0.3) is 11.3 Å². The van der Waals surface area contributed by atoms with E-state index >= 15 is 0 Å². The van der Waals surface area contributed by atoms with Gasteiger partial charge in [0.2, 0.25) is 0 Å². The summed E-state index contributed by atoms with van der Waals surface area (Å²) in [5.74, 6) is -2.45. The molecule has 0 radical (unpaired) electrons. The molecule has 0 aliphatic rings. The number of aromatic carboxylic acids is 2. The van der Waals surface area contributed by atoms with Gasteiger partial charge in [0.25, 0.3) is 0 Å². The standard InChI is InChI=1S/C12H8N2O4/c15-11(16)8-4-9(12(17)18)10(14-6-8)7-2-1-3-13-5-7/h1-6H,(H,15,16)(H,17,18). The maximum absolute atomic E-state index is 11.1. The molecule has 2 N–H and O–H groups in total. The van der Waals surface area contributed by atoms with Crippen molar-refractivity contribution in [3.63, 3.8) is 0 Å². The molecule has 2 aromatic heterocycles. The lowest BCUT2D eigenvalue weighted by Crippen LogP contribution is -2.06. The molecule has 90 valence electrons. The second-order valence-corrected chi connectivity index (χ2v) is 3.47. The number of carboxylic acids is 2. The largest absolute Gasteiger partial charge is 0.478 e. The van der Waals surface area contributed by atoms with Gasteiger partial charge in [0.05, 0.1) is 16.8 Å². The first-order valence-electron chi connectivity index (χ1n) is 4.96.